The van der Waals surface area contributed by atoms with E-state index >= 15 is 0 Å². The van der Waals surface area contributed by atoms with Crippen molar-refractivity contribution in [3.8, 4) is 5.75 Å². The van der Waals surface area contributed by atoms with Crippen LogP contribution in [0.25, 0.3) is 0 Å². The van der Waals surface area contributed by atoms with Crippen LogP contribution in [0.4, 0.5) is 0 Å². The van der Waals surface area contributed by atoms with Crippen LogP contribution in [0.1, 0.15) is 23.7 Å². The molecule has 2 atom stereocenters. The molecule has 2 N–H and O–H groups in total. The average molecular weight is 194 g/mol. The number of aliphatic hydroxyl groups excluding tert-OH is 1. The van der Waals surface area contributed by atoms with E-state index in [2.05, 4.69) is 0 Å². The summed E-state index contributed by atoms with van der Waals surface area (Å²) in [6.45, 7) is 0. The van der Waals surface area contributed by atoms with E-state index in [-0.39, 0.29) is 6.10 Å². The van der Waals surface area contributed by atoms with Crippen LogP contribution in [0.5, 0.6) is 5.75 Å². The van der Waals surface area contributed by atoms with Gasteiger partial charge in [0.2, 0.25) is 0 Å². The summed E-state index contributed by atoms with van der Waals surface area (Å²) in [7, 11) is 1.58. The third-order valence-corrected chi connectivity index (χ3v) is 2.79. The molecule has 0 heterocycles. The topological polar surface area (TPSA) is 49.7 Å². The largest absolute Gasteiger partial charge is 0.508 e. The Hall–Kier alpha value is -1.06. The van der Waals surface area contributed by atoms with Crippen molar-refractivity contribution in [1.29, 1.82) is 0 Å². The summed E-state index contributed by atoms with van der Waals surface area (Å²) < 4.78 is 5.22. The number of aromatic hydroxyl groups is 1. The van der Waals surface area contributed by atoms with Gasteiger partial charge in [-0.15, -0.1) is 0 Å². The van der Waals surface area contributed by atoms with Gasteiger partial charge in [0.15, 0.2) is 0 Å². The lowest BCUT2D eigenvalue weighted by Gasteiger charge is -2.29. The maximum Gasteiger partial charge on any atom is 0.119 e. The molecule has 14 heavy (non-hydrogen) atoms. The van der Waals surface area contributed by atoms with Gasteiger partial charge < -0.3 is 14.9 Å². The number of hydrogen-bond acceptors (Lipinski definition) is 3. The molecular weight excluding hydrogens is 180 g/mol. The van der Waals surface area contributed by atoms with Crippen molar-refractivity contribution >= 4 is 0 Å². The first-order valence-electron chi connectivity index (χ1n) is 4.75. The fourth-order valence-corrected chi connectivity index (χ4v) is 2.07. The Morgan fingerprint density at radius 2 is 2.21 bits per heavy atom. The smallest absolute Gasteiger partial charge is 0.119 e. The summed E-state index contributed by atoms with van der Waals surface area (Å²) in [4.78, 5) is 0. The molecule has 0 bridgehead atoms. The van der Waals surface area contributed by atoms with Crippen LogP contribution in [0.2, 0.25) is 0 Å². The molecule has 0 fully saturated rings. The number of phenols is 1. The molecule has 0 amide bonds. The van der Waals surface area contributed by atoms with E-state index < -0.39 is 6.10 Å². The second-order valence-corrected chi connectivity index (χ2v) is 3.61. The summed E-state index contributed by atoms with van der Waals surface area (Å²) >= 11 is 0. The summed E-state index contributed by atoms with van der Waals surface area (Å²) in [5.41, 5.74) is 1.82. The van der Waals surface area contributed by atoms with E-state index in [0.717, 1.165) is 11.1 Å². The van der Waals surface area contributed by atoms with Crippen LogP contribution in [0.3, 0.4) is 0 Å². The van der Waals surface area contributed by atoms with E-state index in [1.807, 2.05) is 6.07 Å². The second-order valence-electron chi connectivity index (χ2n) is 3.61. The zero-order valence-corrected chi connectivity index (χ0v) is 8.10. The van der Waals surface area contributed by atoms with Gasteiger partial charge in [0.25, 0.3) is 0 Å². The number of methoxy groups -OCH3 is 1. The Morgan fingerprint density at radius 1 is 1.43 bits per heavy atom. The number of benzene rings is 1. The molecule has 3 nitrogen and oxygen atoms in total. The van der Waals surface area contributed by atoms with Gasteiger partial charge in [0.05, 0.1) is 6.10 Å². The molecule has 1 aromatic rings. The molecule has 0 spiro atoms. The standard InChI is InChI=1S/C11H14O3/c1-14-11-8-3-2-4-9(12)7(8)5-6-10(11)13/h2-4,10-13H,5-6H2,1H3/t10-,11-/m0/s1. The summed E-state index contributed by atoms with van der Waals surface area (Å²) in [5, 5.41) is 19.3. The van der Waals surface area contributed by atoms with Crippen molar-refractivity contribution in [3.63, 3.8) is 0 Å². The molecule has 0 unspecified atom stereocenters. The first-order chi connectivity index (χ1) is 6.74. The monoisotopic (exact) mass is 194 g/mol. The van der Waals surface area contributed by atoms with E-state index in [0.29, 0.717) is 18.6 Å². The van der Waals surface area contributed by atoms with Gasteiger partial charge in [-0.3, -0.25) is 0 Å². The average Bonchev–Trinajstić information content (AvgIpc) is 2.18. The van der Waals surface area contributed by atoms with Crippen LogP contribution < -0.4 is 0 Å². The minimum absolute atomic E-state index is 0.300. The van der Waals surface area contributed by atoms with E-state index in [1.54, 1.807) is 19.2 Å². The molecule has 3 heteroatoms. The number of fused-ring (bicyclic) bond motifs is 1. The highest BCUT2D eigenvalue weighted by Gasteiger charge is 2.29. The summed E-state index contributed by atoms with van der Waals surface area (Å²) in [5.74, 6) is 0.302. The molecule has 1 aliphatic carbocycles. The van der Waals surface area contributed by atoms with Gasteiger partial charge in [-0.05, 0) is 30.0 Å². The van der Waals surface area contributed by atoms with Crippen LogP contribution in [0, 0.1) is 0 Å². The van der Waals surface area contributed by atoms with Crippen molar-refractivity contribution in [2.24, 2.45) is 0 Å². The second kappa shape index (κ2) is 3.59. The first-order valence-corrected chi connectivity index (χ1v) is 4.75. The maximum absolute atomic E-state index is 9.70. The molecule has 0 aromatic heterocycles. The number of rotatable bonds is 1. The Morgan fingerprint density at radius 3 is 2.93 bits per heavy atom. The van der Waals surface area contributed by atoms with Crippen molar-refractivity contribution < 1.29 is 14.9 Å². The van der Waals surface area contributed by atoms with Crippen LogP contribution in [-0.2, 0) is 11.2 Å². The Bertz CT molecular complexity index is 335. The van der Waals surface area contributed by atoms with Gasteiger partial charge >= 0.3 is 0 Å². The molecule has 1 aromatic carbocycles. The summed E-state index contributed by atoms with van der Waals surface area (Å²) in [6.07, 6.45) is 0.590. The Labute approximate surface area is 83.0 Å². The number of aliphatic hydroxyl groups is 1. The lowest BCUT2D eigenvalue weighted by Crippen LogP contribution is -2.26. The fourth-order valence-electron chi connectivity index (χ4n) is 2.07. The molecular formula is C11H14O3. The van der Waals surface area contributed by atoms with Crippen molar-refractivity contribution in [2.45, 2.75) is 25.0 Å². The molecule has 2 rings (SSSR count). The highest BCUT2D eigenvalue weighted by atomic mass is 16.5. The molecule has 0 radical (unpaired) electrons. The van der Waals surface area contributed by atoms with Gasteiger partial charge in [0.1, 0.15) is 11.9 Å². The molecule has 76 valence electrons. The molecule has 0 saturated carbocycles. The highest BCUT2D eigenvalue weighted by Crippen LogP contribution is 2.36. The lowest BCUT2D eigenvalue weighted by atomic mass is 9.87. The maximum atomic E-state index is 9.70. The van der Waals surface area contributed by atoms with Crippen LogP contribution >= 0.6 is 0 Å². The predicted molar refractivity (Wildman–Crippen MR) is 52.2 cm³/mol. The third-order valence-electron chi connectivity index (χ3n) is 2.79. The van der Waals surface area contributed by atoms with Gasteiger partial charge in [-0.2, -0.15) is 0 Å². The quantitative estimate of drug-likeness (QED) is 0.710. The van der Waals surface area contributed by atoms with Crippen molar-refractivity contribution in [2.75, 3.05) is 7.11 Å². The molecule has 0 aliphatic heterocycles. The van der Waals surface area contributed by atoms with Gasteiger partial charge in [0, 0.05) is 7.11 Å². The molecule has 0 saturated heterocycles. The first kappa shape index (κ1) is 9.49. The van der Waals surface area contributed by atoms with Crippen LogP contribution in [0.15, 0.2) is 18.2 Å². The van der Waals surface area contributed by atoms with Gasteiger partial charge in [-0.1, -0.05) is 12.1 Å². The van der Waals surface area contributed by atoms with Gasteiger partial charge in [-0.25, -0.2) is 0 Å². The van der Waals surface area contributed by atoms with E-state index in [1.165, 1.54) is 0 Å². The van der Waals surface area contributed by atoms with Crippen molar-refractivity contribution in [1.82, 2.24) is 0 Å². The number of ether oxygens (including phenoxy) is 1. The minimum atomic E-state index is -0.464. The highest BCUT2D eigenvalue weighted by molar-refractivity contribution is 5.42. The zero-order valence-electron chi connectivity index (χ0n) is 8.10. The summed E-state index contributed by atoms with van der Waals surface area (Å²) in [6, 6.07) is 5.34. The van der Waals surface area contributed by atoms with E-state index in [9.17, 15) is 10.2 Å². The Kier molecular flexibility index (Phi) is 2.44. The zero-order chi connectivity index (χ0) is 10.1. The number of phenolic OH excluding ortho intramolecular Hbond substituents is 1. The third kappa shape index (κ3) is 1.38. The SMILES string of the molecule is CO[C@H]1c2cccc(O)c2CC[C@@H]1O. The van der Waals surface area contributed by atoms with E-state index in [4.69, 9.17) is 4.74 Å². The molecule has 1 aliphatic rings. The normalized spacial score (nSPS) is 25.9. The number of hydrogen-bond donors (Lipinski definition) is 2. The van der Waals surface area contributed by atoms with Crippen LogP contribution in [-0.4, -0.2) is 23.4 Å². The lowest BCUT2D eigenvalue weighted by molar-refractivity contribution is -0.0236. The predicted octanol–water partition coefficient (Wildman–Crippen LogP) is 1.39. The van der Waals surface area contributed by atoms with Crippen molar-refractivity contribution in [3.05, 3.63) is 29.3 Å². The fraction of sp³-hybridized carbons (Fsp3) is 0.455. The minimum Gasteiger partial charge on any atom is -0.508 e. The Balaban J connectivity index is 2.46.